The van der Waals surface area contributed by atoms with Crippen LogP contribution in [0.4, 0.5) is 0 Å². The van der Waals surface area contributed by atoms with Crippen molar-refractivity contribution in [3.63, 3.8) is 0 Å². The Labute approximate surface area is 102 Å². The third-order valence-corrected chi connectivity index (χ3v) is 4.14. The number of aliphatic carboxylic acids is 1. The fraction of sp³-hybridized carbons (Fsp3) is 0.846. The van der Waals surface area contributed by atoms with E-state index in [1.165, 1.54) is 0 Å². The molecule has 4 heteroatoms. The number of hydrogen-bond donors (Lipinski definition) is 2. The van der Waals surface area contributed by atoms with Crippen molar-refractivity contribution in [3.05, 3.63) is 0 Å². The highest BCUT2D eigenvalue weighted by Gasteiger charge is 2.33. The molecule has 2 unspecified atom stereocenters. The molecule has 1 amide bonds. The zero-order chi connectivity index (χ0) is 12.3. The number of carbonyl (C=O) groups excluding carboxylic acids is 1. The first kappa shape index (κ1) is 12.4. The molecule has 4 nitrogen and oxygen atoms in total. The summed E-state index contributed by atoms with van der Waals surface area (Å²) in [5.41, 5.74) is 0. The molecule has 0 aromatic carbocycles. The molecule has 0 aromatic rings. The van der Waals surface area contributed by atoms with Crippen LogP contribution >= 0.6 is 0 Å². The van der Waals surface area contributed by atoms with E-state index in [1.807, 2.05) is 0 Å². The van der Waals surface area contributed by atoms with Gasteiger partial charge in [0.15, 0.2) is 0 Å². The van der Waals surface area contributed by atoms with Gasteiger partial charge in [0.2, 0.25) is 5.91 Å². The lowest BCUT2D eigenvalue weighted by molar-refractivity contribution is -0.144. The molecule has 0 radical (unpaired) electrons. The van der Waals surface area contributed by atoms with Gasteiger partial charge in [0.1, 0.15) is 0 Å². The first-order chi connectivity index (χ1) is 8.18. The van der Waals surface area contributed by atoms with Crippen molar-refractivity contribution < 1.29 is 14.7 Å². The van der Waals surface area contributed by atoms with Gasteiger partial charge < -0.3 is 10.4 Å². The average Bonchev–Trinajstić information content (AvgIpc) is 2.83. The lowest BCUT2D eigenvalue weighted by atomic mass is 9.84. The van der Waals surface area contributed by atoms with E-state index in [0.717, 1.165) is 44.9 Å². The van der Waals surface area contributed by atoms with Crippen molar-refractivity contribution in [1.82, 2.24) is 5.32 Å². The molecule has 0 bridgehead atoms. The van der Waals surface area contributed by atoms with Crippen LogP contribution in [0, 0.1) is 11.8 Å². The van der Waals surface area contributed by atoms with Gasteiger partial charge in [-0.3, -0.25) is 9.59 Å². The van der Waals surface area contributed by atoms with E-state index in [1.54, 1.807) is 0 Å². The van der Waals surface area contributed by atoms with Crippen LogP contribution < -0.4 is 5.32 Å². The van der Waals surface area contributed by atoms with E-state index in [0.29, 0.717) is 6.42 Å². The van der Waals surface area contributed by atoms with E-state index < -0.39 is 5.97 Å². The second-order valence-corrected chi connectivity index (χ2v) is 5.33. The van der Waals surface area contributed by atoms with Crippen molar-refractivity contribution in [2.24, 2.45) is 11.8 Å². The van der Waals surface area contributed by atoms with Crippen LogP contribution in [0.2, 0.25) is 0 Å². The average molecular weight is 239 g/mol. The summed E-state index contributed by atoms with van der Waals surface area (Å²) < 4.78 is 0. The third-order valence-electron chi connectivity index (χ3n) is 4.14. The van der Waals surface area contributed by atoms with Crippen LogP contribution in [-0.4, -0.2) is 23.0 Å². The SMILES string of the molecule is O=C(NC1CCCCC1C(=O)O)C1CCCC1. The van der Waals surface area contributed by atoms with Crippen molar-refractivity contribution in [2.45, 2.75) is 57.4 Å². The summed E-state index contributed by atoms with van der Waals surface area (Å²) in [6.07, 6.45) is 7.70. The Balaban J connectivity index is 1.90. The maximum atomic E-state index is 12.0. The van der Waals surface area contributed by atoms with Gasteiger partial charge in [-0.2, -0.15) is 0 Å². The van der Waals surface area contributed by atoms with Crippen LogP contribution in [0.15, 0.2) is 0 Å². The molecule has 0 saturated heterocycles. The number of carbonyl (C=O) groups is 2. The van der Waals surface area contributed by atoms with Gasteiger partial charge in [-0.05, 0) is 25.7 Å². The highest BCUT2D eigenvalue weighted by atomic mass is 16.4. The highest BCUT2D eigenvalue weighted by Crippen LogP contribution is 2.28. The smallest absolute Gasteiger partial charge is 0.308 e. The van der Waals surface area contributed by atoms with Gasteiger partial charge in [-0.25, -0.2) is 0 Å². The zero-order valence-corrected chi connectivity index (χ0v) is 10.2. The topological polar surface area (TPSA) is 66.4 Å². The minimum Gasteiger partial charge on any atom is -0.481 e. The van der Waals surface area contributed by atoms with E-state index in [2.05, 4.69) is 5.32 Å². The molecule has 0 heterocycles. The van der Waals surface area contributed by atoms with Crippen LogP contribution in [0.5, 0.6) is 0 Å². The first-order valence-corrected chi connectivity index (χ1v) is 6.71. The summed E-state index contributed by atoms with van der Waals surface area (Å²) in [5, 5.41) is 12.1. The highest BCUT2D eigenvalue weighted by molar-refractivity contribution is 5.80. The van der Waals surface area contributed by atoms with Gasteiger partial charge in [-0.15, -0.1) is 0 Å². The number of nitrogens with one attached hydrogen (secondary N) is 1. The minimum absolute atomic E-state index is 0.0839. The Morgan fingerprint density at radius 2 is 1.53 bits per heavy atom. The molecule has 2 fully saturated rings. The number of amides is 1. The Hall–Kier alpha value is -1.06. The molecular formula is C13H21NO3. The Kier molecular flexibility index (Phi) is 4.02. The quantitative estimate of drug-likeness (QED) is 0.791. The normalized spacial score (nSPS) is 30.1. The minimum atomic E-state index is -0.763. The number of rotatable bonds is 3. The summed E-state index contributed by atoms with van der Waals surface area (Å²) in [6.45, 7) is 0. The first-order valence-electron chi connectivity index (χ1n) is 6.71. The Morgan fingerprint density at radius 1 is 0.941 bits per heavy atom. The van der Waals surface area contributed by atoms with E-state index in [4.69, 9.17) is 5.11 Å². The fourth-order valence-electron chi connectivity index (χ4n) is 3.09. The fourth-order valence-corrected chi connectivity index (χ4v) is 3.09. The summed E-state index contributed by atoms with van der Waals surface area (Å²) in [7, 11) is 0. The van der Waals surface area contributed by atoms with Gasteiger partial charge in [0.05, 0.1) is 5.92 Å². The molecule has 2 rings (SSSR count). The van der Waals surface area contributed by atoms with Gasteiger partial charge in [0.25, 0.3) is 0 Å². The number of carboxylic acids is 1. The molecule has 2 N–H and O–H groups in total. The summed E-state index contributed by atoms with van der Waals surface area (Å²) in [4.78, 5) is 23.1. The van der Waals surface area contributed by atoms with E-state index in [-0.39, 0.29) is 23.8 Å². The van der Waals surface area contributed by atoms with Crippen LogP contribution in [0.1, 0.15) is 51.4 Å². The van der Waals surface area contributed by atoms with Crippen molar-refractivity contribution in [3.8, 4) is 0 Å². The summed E-state index contributed by atoms with van der Waals surface area (Å²) >= 11 is 0. The van der Waals surface area contributed by atoms with Crippen LogP contribution in [0.25, 0.3) is 0 Å². The molecule has 0 aromatic heterocycles. The molecule has 0 aliphatic heterocycles. The summed E-state index contributed by atoms with van der Waals surface area (Å²) in [6, 6.07) is -0.144. The maximum Gasteiger partial charge on any atom is 0.308 e. The second-order valence-electron chi connectivity index (χ2n) is 5.33. The predicted molar refractivity (Wildman–Crippen MR) is 63.5 cm³/mol. The molecule has 2 atom stereocenters. The Morgan fingerprint density at radius 3 is 2.18 bits per heavy atom. The number of carboxylic acid groups (broad SMARTS) is 1. The third kappa shape index (κ3) is 2.99. The molecule has 0 spiro atoms. The van der Waals surface area contributed by atoms with Gasteiger partial charge in [0, 0.05) is 12.0 Å². The molecule has 2 aliphatic rings. The van der Waals surface area contributed by atoms with Crippen molar-refractivity contribution in [2.75, 3.05) is 0 Å². The monoisotopic (exact) mass is 239 g/mol. The van der Waals surface area contributed by atoms with Crippen molar-refractivity contribution in [1.29, 1.82) is 0 Å². The van der Waals surface area contributed by atoms with E-state index in [9.17, 15) is 9.59 Å². The standard InChI is InChI=1S/C13H21NO3/c15-12(9-5-1-2-6-9)14-11-8-4-3-7-10(11)13(16)17/h9-11H,1-8H2,(H,14,15)(H,16,17). The van der Waals surface area contributed by atoms with Gasteiger partial charge >= 0.3 is 5.97 Å². The molecular weight excluding hydrogens is 218 g/mol. The Bertz CT molecular complexity index is 297. The maximum absolute atomic E-state index is 12.0. The predicted octanol–water partition coefficient (Wildman–Crippen LogP) is 1.94. The lowest BCUT2D eigenvalue weighted by Crippen LogP contribution is -2.46. The van der Waals surface area contributed by atoms with Gasteiger partial charge in [-0.1, -0.05) is 25.7 Å². The molecule has 2 saturated carbocycles. The van der Waals surface area contributed by atoms with Crippen LogP contribution in [-0.2, 0) is 9.59 Å². The zero-order valence-electron chi connectivity index (χ0n) is 10.2. The van der Waals surface area contributed by atoms with E-state index >= 15 is 0 Å². The second kappa shape index (κ2) is 5.52. The molecule has 17 heavy (non-hydrogen) atoms. The largest absolute Gasteiger partial charge is 0.481 e. The van der Waals surface area contributed by atoms with Crippen LogP contribution in [0.3, 0.4) is 0 Å². The lowest BCUT2D eigenvalue weighted by Gasteiger charge is -2.30. The number of hydrogen-bond acceptors (Lipinski definition) is 2. The van der Waals surface area contributed by atoms with Crippen molar-refractivity contribution >= 4 is 11.9 Å². The molecule has 2 aliphatic carbocycles. The summed E-state index contributed by atoms with van der Waals surface area (Å²) in [5.74, 6) is -0.928. The molecule has 96 valence electrons.